The van der Waals surface area contributed by atoms with E-state index in [2.05, 4.69) is 10.5 Å². The van der Waals surface area contributed by atoms with Crippen molar-refractivity contribution >= 4 is 11.6 Å². The van der Waals surface area contributed by atoms with E-state index in [9.17, 15) is 18.0 Å². The summed E-state index contributed by atoms with van der Waals surface area (Å²) in [6.45, 7) is 3.78. The summed E-state index contributed by atoms with van der Waals surface area (Å²) in [4.78, 5) is 12.5. The number of anilines is 1. The summed E-state index contributed by atoms with van der Waals surface area (Å²) in [5.74, 6) is 0.764. The van der Waals surface area contributed by atoms with E-state index in [4.69, 9.17) is 14.0 Å². The van der Waals surface area contributed by atoms with Crippen molar-refractivity contribution in [3.8, 4) is 11.5 Å². The van der Waals surface area contributed by atoms with Gasteiger partial charge in [0.15, 0.2) is 11.5 Å². The summed E-state index contributed by atoms with van der Waals surface area (Å²) < 4.78 is 54.7. The number of carbonyl (C=O) groups is 1. The van der Waals surface area contributed by atoms with Crippen molar-refractivity contribution in [1.29, 1.82) is 0 Å². The molecule has 1 amide bonds. The first-order chi connectivity index (χ1) is 14.2. The highest BCUT2D eigenvalue weighted by Crippen LogP contribution is 2.32. The van der Waals surface area contributed by atoms with Crippen LogP contribution >= 0.6 is 0 Å². The van der Waals surface area contributed by atoms with Gasteiger partial charge < -0.3 is 19.3 Å². The lowest BCUT2D eigenvalue weighted by atomic mass is 10.1. The van der Waals surface area contributed by atoms with Gasteiger partial charge in [0.1, 0.15) is 12.4 Å². The van der Waals surface area contributed by atoms with Crippen LogP contribution in [0, 0.1) is 13.8 Å². The third-order valence-electron chi connectivity index (χ3n) is 4.43. The molecule has 3 rings (SSSR count). The van der Waals surface area contributed by atoms with Gasteiger partial charge in [-0.25, -0.2) is 0 Å². The summed E-state index contributed by atoms with van der Waals surface area (Å²) in [5, 5.41) is 6.31. The molecule has 30 heavy (non-hydrogen) atoms. The topological polar surface area (TPSA) is 73.6 Å². The van der Waals surface area contributed by atoms with Crippen LogP contribution in [0.5, 0.6) is 11.5 Å². The predicted molar refractivity (Wildman–Crippen MR) is 103 cm³/mol. The van der Waals surface area contributed by atoms with E-state index in [1.165, 1.54) is 31.4 Å². The molecule has 0 saturated heterocycles. The lowest BCUT2D eigenvalue weighted by Crippen LogP contribution is -2.13. The minimum atomic E-state index is -4.50. The number of hydrogen-bond acceptors (Lipinski definition) is 5. The number of ether oxygens (including phenoxy) is 2. The van der Waals surface area contributed by atoms with Crippen LogP contribution < -0.4 is 14.8 Å². The maximum absolute atomic E-state index is 12.8. The Hall–Kier alpha value is -3.49. The number of aryl methyl sites for hydroxylation is 2. The molecule has 1 aromatic heterocycles. The molecule has 6 nitrogen and oxygen atoms in total. The molecule has 3 aromatic rings. The van der Waals surface area contributed by atoms with Gasteiger partial charge in [-0.2, -0.15) is 13.2 Å². The lowest BCUT2D eigenvalue weighted by molar-refractivity contribution is -0.137. The average molecular weight is 420 g/mol. The first-order valence-corrected chi connectivity index (χ1v) is 8.90. The molecule has 1 N–H and O–H groups in total. The molecule has 0 radical (unpaired) electrons. The fourth-order valence-electron chi connectivity index (χ4n) is 2.76. The largest absolute Gasteiger partial charge is 0.493 e. The zero-order chi connectivity index (χ0) is 21.9. The Balaban J connectivity index is 1.75. The molecule has 0 aliphatic heterocycles. The number of nitrogens with zero attached hydrogens (tertiary/aromatic N) is 1. The minimum Gasteiger partial charge on any atom is -0.493 e. The zero-order valence-electron chi connectivity index (χ0n) is 16.5. The van der Waals surface area contributed by atoms with E-state index >= 15 is 0 Å². The third kappa shape index (κ3) is 4.73. The van der Waals surface area contributed by atoms with Gasteiger partial charge in [-0.3, -0.25) is 4.79 Å². The first kappa shape index (κ1) is 21.2. The molecular formula is C21H19F3N2O4. The summed E-state index contributed by atoms with van der Waals surface area (Å²) in [6, 6.07) is 8.91. The van der Waals surface area contributed by atoms with Crippen LogP contribution in [0.2, 0.25) is 0 Å². The summed E-state index contributed by atoms with van der Waals surface area (Å²) >= 11 is 0. The highest BCUT2D eigenvalue weighted by Gasteiger charge is 2.30. The number of rotatable bonds is 6. The molecular weight excluding hydrogens is 401 g/mol. The van der Waals surface area contributed by atoms with Gasteiger partial charge in [0.25, 0.3) is 5.91 Å². The molecule has 9 heteroatoms. The quantitative estimate of drug-likeness (QED) is 0.597. The summed E-state index contributed by atoms with van der Waals surface area (Å²) in [6.07, 6.45) is -4.50. The molecule has 0 saturated carbocycles. The minimum absolute atomic E-state index is 0.0347. The van der Waals surface area contributed by atoms with E-state index in [-0.39, 0.29) is 17.9 Å². The third-order valence-corrected chi connectivity index (χ3v) is 4.43. The second kappa shape index (κ2) is 8.48. The standard InChI is InChI=1S/C21H19F3N2O4/c1-12-17(13(2)30-26-12)11-29-18-8-7-14(9-19(18)28-3)20(27)25-16-6-4-5-15(10-16)21(22,23)24/h4-10H,11H2,1-3H3,(H,25,27). The van der Waals surface area contributed by atoms with Crippen LogP contribution in [0.1, 0.15) is 32.9 Å². The smallest absolute Gasteiger partial charge is 0.416 e. The van der Waals surface area contributed by atoms with Crippen LogP contribution in [0.4, 0.5) is 18.9 Å². The molecule has 0 unspecified atom stereocenters. The Bertz CT molecular complexity index is 1040. The van der Waals surface area contributed by atoms with E-state index in [1.807, 2.05) is 0 Å². The molecule has 1 heterocycles. The number of methoxy groups -OCH3 is 1. The van der Waals surface area contributed by atoms with E-state index in [0.717, 1.165) is 17.7 Å². The number of aromatic nitrogens is 1. The number of benzene rings is 2. The van der Waals surface area contributed by atoms with E-state index in [0.29, 0.717) is 23.0 Å². The van der Waals surface area contributed by atoms with Crippen molar-refractivity contribution in [2.24, 2.45) is 0 Å². The normalized spacial score (nSPS) is 11.3. The summed E-state index contributed by atoms with van der Waals surface area (Å²) in [7, 11) is 1.42. The fourth-order valence-corrected chi connectivity index (χ4v) is 2.76. The second-order valence-electron chi connectivity index (χ2n) is 6.49. The van der Waals surface area contributed by atoms with Gasteiger partial charge in [0, 0.05) is 11.3 Å². The van der Waals surface area contributed by atoms with Crippen molar-refractivity contribution in [3.05, 3.63) is 70.6 Å². The van der Waals surface area contributed by atoms with E-state index < -0.39 is 17.6 Å². The van der Waals surface area contributed by atoms with Gasteiger partial charge in [0.2, 0.25) is 0 Å². The maximum Gasteiger partial charge on any atom is 0.416 e. The Labute approximate surface area is 170 Å². The Kier molecular flexibility index (Phi) is 6.00. The maximum atomic E-state index is 12.8. The Morgan fingerprint density at radius 3 is 2.53 bits per heavy atom. The molecule has 158 valence electrons. The number of nitrogens with one attached hydrogen (secondary N) is 1. The van der Waals surface area contributed by atoms with Gasteiger partial charge in [0.05, 0.1) is 23.9 Å². The average Bonchev–Trinajstić information content (AvgIpc) is 3.03. The first-order valence-electron chi connectivity index (χ1n) is 8.90. The lowest BCUT2D eigenvalue weighted by Gasteiger charge is -2.13. The fraction of sp³-hybridized carbons (Fsp3) is 0.238. The number of carbonyl (C=O) groups excluding carboxylic acids is 1. The van der Waals surface area contributed by atoms with E-state index in [1.54, 1.807) is 19.9 Å². The molecule has 0 aliphatic rings. The van der Waals surface area contributed by atoms with Crippen molar-refractivity contribution in [2.45, 2.75) is 26.6 Å². The second-order valence-corrected chi connectivity index (χ2v) is 6.49. The van der Waals surface area contributed by atoms with Crippen LogP contribution in [-0.2, 0) is 12.8 Å². The van der Waals surface area contributed by atoms with Crippen LogP contribution in [-0.4, -0.2) is 18.2 Å². The molecule has 0 aliphatic carbocycles. The highest BCUT2D eigenvalue weighted by molar-refractivity contribution is 6.04. The number of hydrogen-bond donors (Lipinski definition) is 1. The Morgan fingerprint density at radius 1 is 1.13 bits per heavy atom. The van der Waals surface area contributed by atoms with Gasteiger partial charge >= 0.3 is 6.18 Å². The van der Waals surface area contributed by atoms with Crippen molar-refractivity contribution < 1.29 is 32.0 Å². The number of alkyl halides is 3. The van der Waals surface area contributed by atoms with Crippen molar-refractivity contribution in [1.82, 2.24) is 5.16 Å². The van der Waals surface area contributed by atoms with Crippen molar-refractivity contribution in [2.75, 3.05) is 12.4 Å². The predicted octanol–water partition coefficient (Wildman–Crippen LogP) is 5.15. The van der Waals surface area contributed by atoms with Gasteiger partial charge in [-0.15, -0.1) is 0 Å². The van der Waals surface area contributed by atoms with Crippen molar-refractivity contribution in [3.63, 3.8) is 0 Å². The van der Waals surface area contributed by atoms with Crippen LogP contribution in [0.3, 0.4) is 0 Å². The molecule has 0 fully saturated rings. The van der Waals surface area contributed by atoms with Gasteiger partial charge in [-0.05, 0) is 50.2 Å². The van der Waals surface area contributed by atoms with Crippen LogP contribution in [0.15, 0.2) is 47.0 Å². The molecule has 0 atom stereocenters. The molecule has 0 spiro atoms. The van der Waals surface area contributed by atoms with Gasteiger partial charge in [-0.1, -0.05) is 11.2 Å². The van der Waals surface area contributed by atoms with Crippen LogP contribution in [0.25, 0.3) is 0 Å². The molecule has 0 bridgehead atoms. The summed E-state index contributed by atoms with van der Waals surface area (Å²) in [5.41, 5.74) is 0.911. The zero-order valence-corrected chi connectivity index (χ0v) is 16.5. The Morgan fingerprint density at radius 2 is 1.90 bits per heavy atom. The number of halogens is 3. The monoisotopic (exact) mass is 420 g/mol. The highest BCUT2D eigenvalue weighted by atomic mass is 19.4. The SMILES string of the molecule is COc1cc(C(=O)Nc2cccc(C(F)(F)F)c2)ccc1OCc1c(C)noc1C. The number of amides is 1. The molecule has 2 aromatic carbocycles.